The molecule has 0 aliphatic heterocycles. The van der Waals surface area contributed by atoms with Crippen LogP contribution in [0.25, 0.3) is 0 Å². The first-order chi connectivity index (χ1) is 7.41. The van der Waals surface area contributed by atoms with E-state index in [2.05, 4.69) is 16.8 Å². The van der Waals surface area contributed by atoms with Crippen LogP contribution in [0.4, 0.5) is 5.69 Å². The number of amides is 1. The summed E-state index contributed by atoms with van der Waals surface area (Å²) in [5, 5.41) is 10.3. The average molecular weight is 240 g/mol. The zero-order valence-electron chi connectivity index (χ0n) is 8.15. The highest BCUT2D eigenvalue weighted by Crippen LogP contribution is 2.24. The molecule has 0 radical (unpaired) electrons. The van der Waals surface area contributed by atoms with Gasteiger partial charge in [0, 0.05) is 12.0 Å². The number of hydrogen-bond acceptors (Lipinski definition) is 4. The molecule has 1 amide bonds. The highest BCUT2D eigenvalue weighted by atomic mass is 35.5. The number of carbonyl (C=O) groups excluding carboxylic acids is 1. The van der Waals surface area contributed by atoms with Crippen molar-refractivity contribution in [2.24, 2.45) is 5.73 Å². The number of nitro groups is 1. The van der Waals surface area contributed by atoms with Crippen LogP contribution in [0.5, 0.6) is 0 Å². The van der Waals surface area contributed by atoms with E-state index in [-0.39, 0.29) is 16.4 Å². The number of nitrogens with zero attached hydrogens (tertiary/aromatic N) is 2. The van der Waals surface area contributed by atoms with Gasteiger partial charge in [-0.1, -0.05) is 17.5 Å². The molecule has 1 rings (SSSR count). The summed E-state index contributed by atoms with van der Waals surface area (Å²) in [5.74, 6) is 3.63. The number of primary amides is 1. The van der Waals surface area contributed by atoms with Gasteiger partial charge < -0.3 is 5.73 Å². The van der Waals surface area contributed by atoms with Crippen LogP contribution in [0.2, 0.25) is 5.15 Å². The van der Waals surface area contributed by atoms with Crippen molar-refractivity contribution >= 4 is 23.2 Å². The molecule has 1 aromatic rings. The van der Waals surface area contributed by atoms with E-state index in [4.69, 9.17) is 17.3 Å². The van der Waals surface area contributed by atoms with E-state index >= 15 is 0 Å². The van der Waals surface area contributed by atoms with Gasteiger partial charge in [0.25, 0.3) is 5.91 Å². The number of halogens is 1. The second kappa shape index (κ2) is 4.59. The van der Waals surface area contributed by atoms with Crippen LogP contribution in [0.3, 0.4) is 0 Å². The molecule has 0 fully saturated rings. The normalized spacial score (nSPS) is 9.12. The van der Waals surface area contributed by atoms with Crippen molar-refractivity contribution in [2.75, 3.05) is 0 Å². The number of pyridine rings is 1. The molecule has 16 heavy (non-hydrogen) atoms. The third-order valence-electron chi connectivity index (χ3n) is 1.67. The fourth-order valence-electron chi connectivity index (χ4n) is 0.949. The predicted molar refractivity (Wildman–Crippen MR) is 56.7 cm³/mol. The first-order valence-corrected chi connectivity index (χ1v) is 4.42. The SMILES string of the molecule is Cc1nc(Cl)c([N+](=O)[O-])cc1C#CC(N)=O. The van der Waals surface area contributed by atoms with E-state index in [0.717, 1.165) is 6.07 Å². The quantitative estimate of drug-likeness (QED) is 0.339. The van der Waals surface area contributed by atoms with Crippen molar-refractivity contribution in [1.82, 2.24) is 4.98 Å². The Kier molecular flexibility index (Phi) is 3.43. The first-order valence-electron chi connectivity index (χ1n) is 4.05. The molecule has 1 heterocycles. The lowest BCUT2D eigenvalue weighted by atomic mass is 10.2. The third kappa shape index (κ3) is 2.68. The van der Waals surface area contributed by atoms with Crippen LogP contribution in [0, 0.1) is 28.9 Å². The molecule has 0 bridgehead atoms. The summed E-state index contributed by atoms with van der Waals surface area (Å²) in [6, 6.07) is 1.15. The third-order valence-corrected chi connectivity index (χ3v) is 1.94. The molecule has 1 aromatic heterocycles. The monoisotopic (exact) mass is 239 g/mol. The Morgan fingerprint density at radius 2 is 2.31 bits per heavy atom. The van der Waals surface area contributed by atoms with Gasteiger partial charge in [0.2, 0.25) is 5.15 Å². The van der Waals surface area contributed by atoms with Gasteiger partial charge in [-0.3, -0.25) is 14.9 Å². The van der Waals surface area contributed by atoms with E-state index in [0.29, 0.717) is 5.69 Å². The van der Waals surface area contributed by atoms with Gasteiger partial charge in [-0.2, -0.15) is 0 Å². The van der Waals surface area contributed by atoms with E-state index in [1.54, 1.807) is 6.92 Å². The summed E-state index contributed by atoms with van der Waals surface area (Å²) >= 11 is 5.57. The van der Waals surface area contributed by atoms with Crippen molar-refractivity contribution in [1.29, 1.82) is 0 Å². The molecule has 0 unspecified atom stereocenters. The number of carbonyl (C=O) groups is 1. The Balaban J connectivity index is 3.32. The maximum atomic E-state index is 10.6. The first kappa shape index (κ1) is 11.9. The average Bonchev–Trinajstić information content (AvgIpc) is 2.15. The Morgan fingerprint density at radius 3 is 2.81 bits per heavy atom. The second-order valence-electron chi connectivity index (χ2n) is 2.80. The minimum absolute atomic E-state index is 0.216. The molecule has 7 heteroatoms. The number of aryl methyl sites for hydroxylation is 1. The van der Waals surface area contributed by atoms with Gasteiger partial charge in [-0.15, -0.1) is 0 Å². The fourth-order valence-corrected chi connectivity index (χ4v) is 1.20. The molecule has 0 saturated carbocycles. The largest absolute Gasteiger partial charge is 0.359 e. The van der Waals surface area contributed by atoms with Crippen LogP contribution in [0.15, 0.2) is 6.07 Å². The van der Waals surface area contributed by atoms with Crippen molar-refractivity contribution in [3.05, 3.63) is 32.6 Å². The highest BCUT2D eigenvalue weighted by molar-refractivity contribution is 6.31. The molecule has 0 aromatic carbocycles. The zero-order chi connectivity index (χ0) is 12.3. The van der Waals surface area contributed by atoms with E-state index in [1.807, 2.05) is 0 Å². The van der Waals surface area contributed by atoms with Crippen LogP contribution in [0.1, 0.15) is 11.3 Å². The molecule has 82 valence electrons. The molecule has 0 spiro atoms. The lowest BCUT2D eigenvalue weighted by Gasteiger charge is -1.99. The van der Waals surface area contributed by atoms with Crippen LogP contribution in [-0.2, 0) is 4.79 Å². The molecular weight excluding hydrogens is 234 g/mol. The maximum Gasteiger partial charge on any atom is 0.307 e. The van der Waals surface area contributed by atoms with E-state index in [1.165, 1.54) is 0 Å². The summed E-state index contributed by atoms with van der Waals surface area (Å²) in [6.45, 7) is 1.57. The fraction of sp³-hybridized carbons (Fsp3) is 0.111. The Hall–Kier alpha value is -2.13. The summed E-state index contributed by atoms with van der Waals surface area (Å²) in [5.41, 5.74) is 5.10. The van der Waals surface area contributed by atoms with E-state index < -0.39 is 10.8 Å². The standard InChI is InChI=1S/C9H6ClN3O3/c1-5-6(2-3-8(11)14)4-7(13(15)16)9(10)12-5/h4H,1H3,(H2,11,14). The summed E-state index contributed by atoms with van der Waals surface area (Å²) < 4.78 is 0. The van der Waals surface area contributed by atoms with Gasteiger partial charge in [-0.25, -0.2) is 4.98 Å². The molecule has 0 aliphatic carbocycles. The molecule has 0 aliphatic rings. The molecule has 0 saturated heterocycles. The maximum absolute atomic E-state index is 10.6. The van der Waals surface area contributed by atoms with Gasteiger partial charge in [-0.05, 0) is 6.92 Å². The van der Waals surface area contributed by atoms with Crippen molar-refractivity contribution in [2.45, 2.75) is 6.92 Å². The van der Waals surface area contributed by atoms with Gasteiger partial charge in [0.1, 0.15) is 0 Å². The Bertz CT molecular complexity index is 531. The number of aromatic nitrogens is 1. The second-order valence-corrected chi connectivity index (χ2v) is 3.16. The van der Waals surface area contributed by atoms with Crippen molar-refractivity contribution in [3.8, 4) is 11.8 Å². The number of rotatable bonds is 1. The summed E-state index contributed by atoms with van der Waals surface area (Å²) in [7, 11) is 0. The van der Waals surface area contributed by atoms with Crippen LogP contribution < -0.4 is 5.73 Å². The van der Waals surface area contributed by atoms with Crippen molar-refractivity contribution in [3.63, 3.8) is 0 Å². The molecule has 6 nitrogen and oxygen atoms in total. The summed E-state index contributed by atoms with van der Waals surface area (Å²) in [6.07, 6.45) is 0. The van der Waals surface area contributed by atoms with Crippen LogP contribution in [-0.4, -0.2) is 15.8 Å². The lowest BCUT2D eigenvalue weighted by molar-refractivity contribution is -0.385. The minimum Gasteiger partial charge on any atom is -0.359 e. The smallest absolute Gasteiger partial charge is 0.307 e. The predicted octanol–water partition coefficient (Wildman–Crippen LogP) is 0.788. The zero-order valence-corrected chi connectivity index (χ0v) is 8.91. The van der Waals surface area contributed by atoms with Gasteiger partial charge in [0.15, 0.2) is 0 Å². The number of nitrogens with two attached hydrogens (primary N) is 1. The molecule has 2 N–H and O–H groups in total. The number of hydrogen-bond donors (Lipinski definition) is 1. The Morgan fingerprint density at radius 1 is 1.69 bits per heavy atom. The van der Waals surface area contributed by atoms with E-state index in [9.17, 15) is 14.9 Å². The lowest BCUT2D eigenvalue weighted by Crippen LogP contribution is -2.06. The van der Waals surface area contributed by atoms with Crippen LogP contribution >= 0.6 is 11.6 Å². The molecule has 0 atom stereocenters. The topological polar surface area (TPSA) is 99.1 Å². The minimum atomic E-state index is -0.822. The highest BCUT2D eigenvalue weighted by Gasteiger charge is 2.15. The Labute approximate surface area is 95.6 Å². The van der Waals surface area contributed by atoms with Gasteiger partial charge in [0.05, 0.1) is 16.2 Å². The molecular formula is C9H6ClN3O3. The van der Waals surface area contributed by atoms with Crippen molar-refractivity contribution < 1.29 is 9.72 Å². The summed E-state index contributed by atoms with van der Waals surface area (Å²) in [4.78, 5) is 24.1. The van der Waals surface area contributed by atoms with Gasteiger partial charge >= 0.3 is 5.69 Å².